The number of benzene rings is 1. The third-order valence-corrected chi connectivity index (χ3v) is 2.75. The monoisotopic (exact) mass is 299 g/mol. The number of halogens is 3. The molecular weight excluding hydrogens is 283 g/mol. The Morgan fingerprint density at radius 1 is 1.38 bits per heavy atom. The number of alkyl halides is 3. The van der Waals surface area contributed by atoms with Crippen molar-refractivity contribution in [1.82, 2.24) is 5.32 Å². The number of hydrogen-bond acceptors (Lipinski definition) is 3. The molecule has 0 fully saturated rings. The third kappa shape index (κ3) is 5.34. The number of anilines is 1. The molecule has 1 aromatic rings. The first kappa shape index (κ1) is 16.8. The number of carbonyl (C=O) groups is 1. The average Bonchev–Trinajstić information content (AvgIpc) is 2.44. The second kappa shape index (κ2) is 7.53. The van der Waals surface area contributed by atoms with Gasteiger partial charge in [-0.25, -0.2) is 0 Å². The summed E-state index contributed by atoms with van der Waals surface area (Å²) in [6, 6.07) is 4.76. The predicted octanol–water partition coefficient (Wildman–Crippen LogP) is 2.91. The van der Waals surface area contributed by atoms with Crippen LogP contribution in [0.5, 0.6) is 0 Å². The Labute approximate surface area is 121 Å². The van der Waals surface area contributed by atoms with Gasteiger partial charge in [0.2, 0.25) is 5.91 Å². The number of nitriles is 1. The summed E-state index contributed by atoms with van der Waals surface area (Å²) in [6.45, 7) is 2.41. The molecule has 2 N–H and O–H groups in total. The van der Waals surface area contributed by atoms with Crippen LogP contribution in [0.15, 0.2) is 18.2 Å². The zero-order valence-electron chi connectivity index (χ0n) is 11.5. The Balaban J connectivity index is 2.69. The topological polar surface area (TPSA) is 64.9 Å². The first-order chi connectivity index (χ1) is 9.88. The number of amides is 1. The van der Waals surface area contributed by atoms with Crippen LogP contribution in [0.4, 0.5) is 18.9 Å². The SMILES string of the molecule is CCCCNC(=O)CNc1ccc(C#N)c(C(F)(F)F)c1. The van der Waals surface area contributed by atoms with E-state index in [4.69, 9.17) is 5.26 Å². The zero-order chi connectivity index (χ0) is 15.9. The summed E-state index contributed by atoms with van der Waals surface area (Å²) in [7, 11) is 0. The molecule has 21 heavy (non-hydrogen) atoms. The van der Waals surface area contributed by atoms with E-state index in [1.165, 1.54) is 12.1 Å². The highest BCUT2D eigenvalue weighted by Gasteiger charge is 2.33. The van der Waals surface area contributed by atoms with E-state index in [9.17, 15) is 18.0 Å². The lowest BCUT2D eigenvalue weighted by Crippen LogP contribution is -2.30. The van der Waals surface area contributed by atoms with Crippen molar-refractivity contribution in [3.8, 4) is 6.07 Å². The molecule has 7 heteroatoms. The highest BCUT2D eigenvalue weighted by Crippen LogP contribution is 2.33. The maximum Gasteiger partial charge on any atom is 0.417 e. The Bertz CT molecular complexity index is 535. The van der Waals surface area contributed by atoms with Crippen LogP contribution in [0, 0.1) is 11.3 Å². The molecule has 0 saturated heterocycles. The highest BCUT2D eigenvalue weighted by molar-refractivity contribution is 5.80. The minimum Gasteiger partial charge on any atom is -0.376 e. The Morgan fingerprint density at radius 2 is 2.10 bits per heavy atom. The van der Waals surface area contributed by atoms with Crippen molar-refractivity contribution in [2.45, 2.75) is 25.9 Å². The summed E-state index contributed by atoms with van der Waals surface area (Å²) in [5, 5.41) is 13.9. The quantitative estimate of drug-likeness (QED) is 0.794. The first-order valence-electron chi connectivity index (χ1n) is 6.50. The molecule has 1 rings (SSSR count). The lowest BCUT2D eigenvalue weighted by atomic mass is 10.1. The van der Waals surface area contributed by atoms with Gasteiger partial charge < -0.3 is 10.6 Å². The summed E-state index contributed by atoms with van der Waals surface area (Å²) in [5.74, 6) is -0.290. The summed E-state index contributed by atoms with van der Waals surface area (Å²) in [6.07, 6.45) is -2.81. The van der Waals surface area contributed by atoms with E-state index in [2.05, 4.69) is 10.6 Å². The van der Waals surface area contributed by atoms with Crippen molar-refractivity contribution in [1.29, 1.82) is 5.26 Å². The fourth-order valence-corrected chi connectivity index (χ4v) is 1.64. The van der Waals surface area contributed by atoms with Crippen LogP contribution in [-0.4, -0.2) is 19.0 Å². The molecule has 0 spiro atoms. The smallest absolute Gasteiger partial charge is 0.376 e. The first-order valence-corrected chi connectivity index (χ1v) is 6.50. The second-order valence-corrected chi connectivity index (χ2v) is 4.43. The van der Waals surface area contributed by atoms with Crippen LogP contribution >= 0.6 is 0 Å². The molecule has 1 aromatic carbocycles. The maximum absolute atomic E-state index is 12.8. The minimum absolute atomic E-state index is 0.118. The standard InChI is InChI=1S/C14H16F3N3O/c1-2-3-6-19-13(21)9-20-11-5-4-10(8-18)12(7-11)14(15,16)17/h4-5,7,20H,2-3,6,9H2,1H3,(H,19,21). The number of carbonyl (C=O) groups excluding carboxylic acids is 1. The maximum atomic E-state index is 12.8. The Hall–Kier alpha value is -2.23. The van der Waals surface area contributed by atoms with Gasteiger partial charge in [-0.1, -0.05) is 13.3 Å². The van der Waals surface area contributed by atoms with Crippen molar-refractivity contribution < 1.29 is 18.0 Å². The fourth-order valence-electron chi connectivity index (χ4n) is 1.64. The van der Waals surface area contributed by atoms with Crippen LogP contribution < -0.4 is 10.6 Å². The van der Waals surface area contributed by atoms with Gasteiger partial charge in [-0.2, -0.15) is 18.4 Å². The van der Waals surface area contributed by atoms with Gasteiger partial charge in [0.25, 0.3) is 0 Å². The van der Waals surface area contributed by atoms with E-state index in [0.29, 0.717) is 6.54 Å². The van der Waals surface area contributed by atoms with Gasteiger partial charge >= 0.3 is 6.18 Å². The van der Waals surface area contributed by atoms with Crippen LogP contribution in [0.1, 0.15) is 30.9 Å². The largest absolute Gasteiger partial charge is 0.417 e. The molecule has 1 amide bonds. The Morgan fingerprint density at radius 3 is 2.67 bits per heavy atom. The van der Waals surface area contributed by atoms with Crippen LogP contribution in [0.3, 0.4) is 0 Å². The number of unbranched alkanes of at least 4 members (excludes halogenated alkanes) is 1. The van der Waals surface area contributed by atoms with E-state index in [1.54, 1.807) is 0 Å². The molecule has 0 heterocycles. The van der Waals surface area contributed by atoms with Crippen molar-refractivity contribution in [2.75, 3.05) is 18.4 Å². The van der Waals surface area contributed by atoms with Gasteiger partial charge in [0.1, 0.15) is 0 Å². The average molecular weight is 299 g/mol. The van der Waals surface area contributed by atoms with Crippen LogP contribution in [0.25, 0.3) is 0 Å². The highest BCUT2D eigenvalue weighted by atomic mass is 19.4. The zero-order valence-corrected chi connectivity index (χ0v) is 11.5. The molecule has 0 aliphatic heterocycles. The van der Waals surface area contributed by atoms with E-state index in [0.717, 1.165) is 25.0 Å². The van der Waals surface area contributed by atoms with Crippen molar-refractivity contribution in [3.63, 3.8) is 0 Å². The lowest BCUT2D eigenvalue weighted by molar-refractivity contribution is -0.137. The van der Waals surface area contributed by atoms with E-state index in [1.807, 2.05) is 6.92 Å². The molecule has 0 bridgehead atoms. The van der Waals surface area contributed by atoms with Gasteiger partial charge in [-0.3, -0.25) is 4.79 Å². The van der Waals surface area contributed by atoms with Gasteiger partial charge in [-0.15, -0.1) is 0 Å². The molecule has 0 radical (unpaired) electrons. The van der Waals surface area contributed by atoms with E-state index < -0.39 is 17.3 Å². The summed E-state index contributed by atoms with van der Waals surface area (Å²) < 4.78 is 38.3. The third-order valence-electron chi connectivity index (χ3n) is 2.75. The Kier molecular flexibility index (Phi) is 6.03. The normalized spacial score (nSPS) is 10.8. The van der Waals surface area contributed by atoms with Crippen LogP contribution in [-0.2, 0) is 11.0 Å². The lowest BCUT2D eigenvalue weighted by Gasteiger charge is -2.12. The van der Waals surface area contributed by atoms with Crippen molar-refractivity contribution >= 4 is 11.6 Å². The molecule has 0 saturated carbocycles. The number of nitrogens with zero attached hydrogens (tertiary/aromatic N) is 1. The molecule has 0 aliphatic carbocycles. The molecule has 0 aliphatic rings. The summed E-state index contributed by atoms with van der Waals surface area (Å²) in [4.78, 5) is 11.4. The molecule has 0 aromatic heterocycles. The number of nitrogens with one attached hydrogen (secondary N) is 2. The number of rotatable bonds is 6. The van der Waals surface area contributed by atoms with Gasteiger partial charge in [0.15, 0.2) is 0 Å². The van der Waals surface area contributed by atoms with Gasteiger partial charge in [0.05, 0.1) is 23.7 Å². The fraction of sp³-hybridized carbons (Fsp3) is 0.429. The predicted molar refractivity (Wildman–Crippen MR) is 72.6 cm³/mol. The van der Waals surface area contributed by atoms with Crippen molar-refractivity contribution in [2.24, 2.45) is 0 Å². The summed E-state index contributed by atoms with van der Waals surface area (Å²) in [5.41, 5.74) is -1.31. The molecule has 0 atom stereocenters. The van der Waals surface area contributed by atoms with Gasteiger partial charge in [-0.05, 0) is 24.6 Å². The van der Waals surface area contributed by atoms with Gasteiger partial charge in [0, 0.05) is 12.2 Å². The van der Waals surface area contributed by atoms with E-state index in [-0.39, 0.29) is 18.1 Å². The van der Waals surface area contributed by atoms with Crippen LogP contribution in [0.2, 0.25) is 0 Å². The molecular formula is C14H16F3N3O. The minimum atomic E-state index is -4.61. The number of hydrogen-bond donors (Lipinski definition) is 2. The summed E-state index contributed by atoms with van der Waals surface area (Å²) >= 11 is 0. The second-order valence-electron chi connectivity index (χ2n) is 4.43. The molecule has 4 nitrogen and oxygen atoms in total. The molecule has 114 valence electrons. The van der Waals surface area contributed by atoms with E-state index >= 15 is 0 Å². The molecule has 0 unspecified atom stereocenters. The van der Waals surface area contributed by atoms with Crippen molar-refractivity contribution in [3.05, 3.63) is 29.3 Å².